The van der Waals surface area contributed by atoms with Crippen molar-refractivity contribution in [2.45, 2.75) is 32.6 Å². The van der Waals surface area contributed by atoms with Crippen LogP contribution in [0.15, 0.2) is 12.2 Å². The molecule has 0 aromatic rings. The molecule has 0 aliphatic rings. The summed E-state index contributed by atoms with van der Waals surface area (Å²) in [7, 11) is 3.96. The second-order valence-corrected chi connectivity index (χ2v) is 4.02. The SMILES string of the molecule is CCCCCCNC(=O)/C=C/CN(C)C. The highest BCUT2D eigenvalue weighted by atomic mass is 16.1. The molecular formula is C12H24N2O. The van der Waals surface area contributed by atoms with E-state index in [9.17, 15) is 4.79 Å². The fourth-order valence-electron chi connectivity index (χ4n) is 1.19. The Morgan fingerprint density at radius 3 is 2.60 bits per heavy atom. The van der Waals surface area contributed by atoms with E-state index in [4.69, 9.17) is 0 Å². The van der Waals surface area contributed by atoms with E-state index >= 15 is 0 Å². The predicted molar refractivity (Wildman–Crippen MR) is 64.8 cm³/mol. The van der Waals surface area contributed by atoms with Crippen LogP contribution in [0.25, 0.3) is 0 Å². The Balaban J connectivity index is 3.37. The zero-order valence-electron chi connectivity index (χ0n) is 10.3. The molecule has 0 fully saturated rings. The summed E-state index contributed by atoms with van der Waals surface area (Å²) in [5.41, 5.74) is 0. The molecule has 0 aromatic heterocycles. The lowest BCUT2D eigenvalue weighted by Crippen LogP contribution is -2.22. The molecule has 0 unspecified atom stereocenters. The third-order valence-electron chi connectivity index (χ3n) is 2.07. The number of hydrogen-bond donors (Lipinski definition) is 1. The largest absolute Gasteiger partial charge is 0.353 e. The highest BCUT2D eigenvalue weighted by Crippen LogP contribution is 1.96. The lowest BCUT2D eigenvalue weighted by atomic mass is 10.2. The van der Waals surface area contributed by atoms with Crippen molar-refractivity contribution in [1.82, 2.24) is 10.2 Å². The molecule has 0 saturated heterocycles. The van der Waals surface area contributed by atoms with Crippen molar-refractivity contribution in [2.75, 3.05) is 27.2 Å². The van der Waals surface area contributed by atoms with Gasteiger partial charge in [0.2, 0.25) is 5.91 Å². The zero-order valence-corrected chi connectivity index (χ0v) is 10.3. The van der Waals surface area contributed by atoms with Crippen molar-refractivity contribution >= 4 is 5.91 Å². The highest BCUT2D eigenvalue weighted by Gasteiger charge is 1.93. The van der Waals surface area contributed by atoms with Crippen LogP contribution in [0.4, 0.5) is 0 Å². The predicted octanol–water partition coefficient (Wildman–Crippen LogP) is 1.80. The number of rotatable bonds is 8. The fourth-order valence-corrected chi connectivity index (χ4v) is 1.19. The first kappa shape index (κ1) is 14.2. The average Bonchev–Trinajstić information content (AvgIpc) is 2.17. The fraction of sp³-hybridized carbons (Fsp3) is 0.750. The van der Waals surface area contributed by atoms with Gasteiger partial charge in [-0.2, -0.15) is 0 Å². The summed E-state index contributed by atoms with van der Waals surface area (Å²) in [5, 5.41) is 2.87. The molecule has 3 nitrogen and oxygen atoms in total. The number of hydrogen-bond acceptors (Lipinski definition) is 2. The number of unbranched alkanes of at least 4 members (excludes halogenated alkanes) is 3. The summed E-state index contributed by atoms with van der Waals surface area (Å²) >= 11 is 0. The van der Waals surface area contributed by atoms with Crippen molar-refractivity contribution in [1.29, 1.82) is 0 Å². The van der Waals surface area contributed by atoms with Crippen molar-refractivity contribution in [3.05, 3.63) is 12.2 Å². The van der Waals surface area contributed by atoms with E-state index in [2.05, 4.69) is 12.2 Å². The van der Waals surface area contributed by atoms with Gasteiger partial charge in [0.05, 0.1) is 0 Å². The standard InChI is InChI=1S/C12H24N2O/c1-4-5-6-7-10-13-12(15)9-8-11-14(2)3/h8-9H,4-7,10-11H2,1-3H3,(H,13,15)/b9-8+. The van der Waals surface area contributed by atoms with Crippen LogP contribution < -0.4 is 5.32 Å². The van der Waals surface area contributed by atoms with Gasteiger partial charge in [0.25, 0.3) is 0 Å². The maximum Gasteiger partial charge on any atom is 0.243 e. The van der Waals surface area contributed by atoms with Gasteiger partial charge in [0.15, 0.2) is 0 Å². The van der Waals surface area contributed by atoms with E-state index in [1.165, 1.54) is 19.3 Å². The Morgan fingerprint density at radius 2 is 2.00 bits per heavy atom. The molecule has 0 rings (SSSR count). The molecule has 0 aliphatic heterocycles. The third-order valence-corrected chi connectivity index (χ3v) is 2.07. The number of carbonyl (C=O) groups excluding carboxylic acids is 1. The van der Waals surface area contributed by atoms with Crippen molar-refractivity contribution in [3.8, 4) is 0 Å². The van der Waals surface area contributed by atoms with E-state index in [-0.39, 0.29) is 5.91 Å². The molecule has 3 heteroatoms. The van der Waals surface area contributed by atoms with Gasteiger partial charge in [-0.1, -0.05) is 32.3 Å². The van der Waals surface area contributed by atoms with Gasteiger partial charge in [-0.25, -0.2) is 0 Å². The molecule has 0 aliphatic carbocycles. The summed E-state index contributed by atoms with van der Waals surface area (Å²) in [6.45, 7) is 3.79. The van der Waals surface area contributed by atoms with Crippen LogP contribution in [0.1, 0.15) is 32.6 Å². The lowest BCUT2D eigenvalue weighted by molar-refractivity contribution is -0.116. The summed E-state index contributed by atoms with van der Waals surface area (Å²) in [4.78, 5) is 13.3. The monoisotopic (exact) mass is 212 g/mol. The van der Waals surface area contributed by atoms with Gasteiger partial charge in [0.1, 0.15) is 0 Å². The summed E-state index contributed by atoms with van der Waals surface area (Å²) in [6.07, 6.45) is 8.27. The Kier molecular flexibility index (Phi) is 9.18. The summed E-state index contributed by atoms with van der Waals surface area (Å²) in [5.74, 6) is 0.0216. The van der Waals surface area contributed by atoms with Crippen LogP contribution >= 0.6 is 0 Å². The normalized spacial score (nSPS) is 11.2. The van der Waals surface area contributed by atoms with Crippen molar-refractivity contribution in [3.63, 3.8) is 0 Å². The minimum Gasteiger partial charge on any atom is -0.353 e. The van der Waals surface area contributed by atoms with E-state index in [0.29, 0.717) is 0 Å². The number of carbonyl (C=O) groups is 1. The van der Waals surface area contributed by atoms with Crippen LogP contribution in [-0.2, 0) is 4.79 Å². The maximum absolute atomic E-state index is 11.2. The minimum absolute atomic E-state index is 0.0216. The Morgan fingerprint density at radius 1 is 1.27 bits per heavy atom. The zero-order chi connectivity index (χ0) is 11.5. The third kappa shape index (κ3) is 11.1. The molecule has 0 spiro atoms. The van der Waals surface area contributed by atoms with E-state index < -0.39 is 0 Å². The topological polar surface area (TPSA) is 32.3 Å². The minimum atomic E-state index is 0.0216. The number of likely N-dealkylation sites (N-methyl/N-ethyl adjacent to an activating group) is 1. The van der Waals surface area contributed by atoms with E-state index in [0.717, 1.165) is 19.5 Å². The van der Waals surface area contributed by atoms with Crippen molar-refractivity contribution in [2.24, 2.45) is 0 Å². The lowest BCUT2D eigenvalue weighted by Gasteiger charge is -2.04. The number of nitrogens with zero attached hydrogens (tertiary/aromatic N) is 1. The molecule has 15 heavy (non-hydrogen) atoms. The first-order valence-corrected chi connectivity index (χ1v) is 5.76. The Bertz CT molecular complexity index is 188. The van der Waals surface area contributed by atoms with Gasteiger partial charge >= 0.3 is 0 Å². The highest BCUT2D eigenvalue weighted by molar-refractivity contribution is 5.87. The molecular weight excluding hydrogens is 188 g/mol. The second kappa shape index (κ2) is 9.71. The molecule has 0 heterocycles. The van der Waals surface area contributed by atoms with E-state index in [1.54, 1.807) is 6.08 Å². The van der Waals surface area contributed by atoms with Crippen LogP contribution in [0.5, 0.6) is 0 Å². The first-order chi connectivity index (χ1) is 7.16. The summed E-state index contributed by atoms with van der Waals surface area (Å²) in [6, 6.07) is 0. The van der Waals surface area contributed by atoms with Crippen LogP contribution in [0, 0.1) is 0 Å². The van der Waals surface area contributed by atoms with Crippen molar-refractivity contribution < 1.29 is 4.79 Å². The second-order valence-electron chi connectivity index (χ2n) is 4.02. The van der Waals surface area contributed by atoms with Gasteiger partial charge in [0, 0.05) is 19.2 Å². The molecule has 1 amide bonds. The van der Waals surface area contributed by atoms with Crippen LogP contribution in [0.3, 0.4) is 0 Å². The Hall–Kier alpha value is -0.830. The van der Waals surface area contributed by atoms with Gasteiger partial charge in [-0.15, -0.1) is 0 Å². The molecule has 1 N–H and O–H groups in total. The number of nitrogens with one attached hydrogen (secondary N) is 1. The Labute approximate surface area is 93.5 Å². The average molecular weight is 212 g/mol. The molecule has 0 bridgehead atoms. The van der Waals surface area contributed by atoms with Crippen LogP contribution in [-0.4, -0.2) is 38.0 Å². The van der Waals surface area contributed by atoms with E-state index in [1.807, 2.05) is 25.1 Å². The van der Waals surface area contributed by atoms with Gasteiger partial charge in [-0.05, 0) is 20.5 Å². The first-order valence-electron chi connectivity index (χ1n) is 5.76. The quantitative estimate of drug-likeness (QED) is 0.491. The molecule has 0 aromatic carbocycles. The smallest absolute Gasteiger partial charge is 0.243 e. The molecule has 0 radical (unpaired) electrons. The molecule has 0 saturated carbocycles. The maximum atomic E-state index is 11.2. The number of amides is 1. The molecule has 0 atom stereocenters. The molecule has 88 valence electrons. The summed E-state index contributed by atoms with van der Waals surface area (Å²) < 4.78 is 0. The van der Waals surface area contributed by atoms with Crippen LogP contribution in [0.2, 0.25) is 0 Å². The van der Waals surface area contributed by atoms with Gasteiger partial charge < -0.3 is 10.2 Å². The van der Waals surface area contributed by atoms with Gasteiger partial charge in [-0.3, -0.25) is 4.79 Å².